The van der Waals surface area contributed by atoms with Crippen molar-refractivity contribution in [2.45, 2.75) is 19.3 Å². The van der Waals surface area contributed by atoms with Gasteiger partial charge in [-0.1, -0.05) is 6.07 Å². The molecule has 0 fully saturated rings. The van der Waals surface area contributed by atoms with Crippen molar-refractivity contribution in [3.63, 3.8) is 0 Å². The molecule has 1 heterocycles. The van der Waals surface area contributed by atoms with E-state index in [2.05, 4.69) is 16.3 Å². The van der Waals surface area contributed by atoms with Crippen LogP contribution < -0.4 is 0 Å². The van der Waals surface area contributed by atoms with Gasteiger partial charge in [-0.3, -0.25) is 9.89 Å². The van der Waals surface area contributed by atoms with Crippen LogP contribution in [0.15, 0.2) is 30.5 Å². The van der Waals surface area contributed by atoms with Crippen LogP contribution >= 0.6 is 0 Å². The van der Waals surface area contributed by atoms with E-state index in [-0.39, 0.29) is 5.78 Å². The Kier molecular flexibility index (Phi) is 2.10. The first-order valence-electron chi connectivity index (χ1n) is 5.50. The van der Waals surface area contributed by atoms with Crippen LogP contribution in [-0.4, -0.2) is 16.0 Å². The lowest BCUT2D eigenvalue weighted by Crippen LogP contribution is -2.01. The number of allylic oxidation sites excluding steroid dienone is 2. The van der Waals surface area contributed by atoms with Crippen molar-refractivity contribution in [3.8, 4) is 0 Å². The van der Waals surface area contributed by atoms with Gasteiger partial charge in [-0.25, -0.2) is 0 Å². The maximum Gasteiger partial charge on any atom is 0.155 e. The summed E-state index contributed by atoms with van der Waals surface area (Å²) in [6.07, 6.45) is 6.25. The number of carbonyl (C=O) groups excluding carboxylic acids is 1. The molecule has 3 nitrogen and oxygen atoms in total. The summed E-state index contributed by atoms with van der Waals surface area (Å²) in [4.78, 5) is 11.4. The Bertz CT molecular complexity index is 580. The molecule has 0 saturated carbocycles. The average Bonchev–Trinajstić information content (AvgIpc) is 2.75. The zero-order valence-corrected chi connectivity index (χ0v) is 8.86. The SMILES string of the molecule is O=C1C=C(c2ccc3[nH]ncc3c2)CCC1. The molecule has 3 heteroatoms. The van der Waals surface area contributed by atoms with Crippen molar-refractivity contribution in [3.05, 3.63) is 36.0 Å². The van der Waals surface area contributed by atoms with Crippen molar-refractivity contribution < 1.29 is 4.79 Å². The molecular formula is C13H12N2O. The first-order chi connectivity index (χ1) is 7.83. The van der Waals surface area contributed by atoms with Gasteiger partial charge in [0.05, 0.1) is 11.7 Å². The Morgan fingerprint density at radius 2 is 2.19 bits per heavy atom. The highest BCUT2D eigenvalue weighted by Gasteiger charge is 2.11. The molecule has 0 radical (unpaired) electrons. The second-order valence-corrected chi connectivity index (χ2v) is 4.16. The zero-order valence-electron chi connectivity index (χ0n) is 8.86. The molecule has 0 atom stereocenters. The molecule has 0 bridgehead atoms. The summed E-state index contributed by atoms with van der Waals surface area (Å²) in [5.74, 6) is 0.244. The van der Waals surface area contributed by atoms with Crippen LogP contribution in [-0.2, 0) is 4.79 Å². The number of fused-ring (bicyclic) bond motifs is 1. The van der Waals surface area contributed by atoms with E-state index in [1.54, 1.807) is 6.08 Å². The van der Waals surface area contributed by atoms with E-state index in [1.807, 2.05) is 18.3 Å². The molecule has 1 aromatic carbocycles. The smallest absolute Gasteiger partial charge is 0.155 e. The third-order valence-electron chi connectivity index (χ3n) is 3.02. The predicted molar refractivity (Wildman–Crippen MR) is 62.9 cm³/mol. The van der Waals surface area contributed by atoms with Gasteiger partial charge in [0, 0.05) is 11.8 Å². The predicted octanol–water partition coefficient (Wildman–Crippen LogP) is 2.70. The molecule has 0 saturated heterocycles. The van der Waals surface area contributed by atoms with E-state index >= 15 is 0 Å². The lowest BCUT2D eigenvalue weighted by atomic mass is 9.92. The average molecular weight is 212 g/mol. The number of aromatic amines is 1. The molecule has 2 aromatic rings. The van der Waals surface area contributed by atoms with E-state index in [0.29, 0.717) is 6.42 Å². The highest BCUT2D eigenvalue weighted by Crippen LogP contribution is 2.27. The van der Waals surface area contributed by atoms with Crippen molar-refractivity contribution in [2.75, 3.05) is 0 Å². The van der Waals surface area contributed by atoms with E-state index in [1.165, 1.54) is 0 Å². The second kappa shape index (κ2) is 3.59. The highest BCUT2D eigenvalue weighted by atomic mass is 16.1. The van der Waals surface area contributed by atoms with Crippen LogP contribution in [0.5, 0.6) is 0 Å². The van der Waals surface area contributed by atoms with Gasteiger partial charge in [0.25, 0.3) is 0 Å². The van der Waals surface area contributed by atoms with Crippen LogP contribution in [0.25, 0.3) is 16.5 Å². The number of carbonyl (C=O) groups is 1. The summed E-state index contributed by atoms with van der Waals surface area (Å²) < 4.78 is 0. The third-order valence-corrected chi connectivity index (χ3v) is 3.02. The molecule has 1 aromatic heterocycles. The number of rotatable bonds is 1. The summed E-state index contributed by atoms with van der Waals surface area (Å²) >= 11 is 0. The molecule has 0 spiro atoms. The third kappa shape index (κ3) is 1.54. The number of H-pyrrole nitrogens is 1. The number of benzene rings is 1. The highest BCUT2D eigenvalue weighted by molar-refractivity contribution is 5.99. The Labute approximate surface area is 93.2 Å². The Morgan fingerprint density at radius 1 is 1.25 bits per heavy atom. The fraction of sp³-hybridized carbons (Fsp3) is 0.231. The van der Waals surface area contributed by atoms with Gasteiger partial charge in [0.1, 0.15) is 0 Å². The Balaban J connectivity index is 2.08. The minimum Gasteiger partial charge on any atom is -0.295 e. The topological polar surface area (TPSA) is 45.8 Å². The fourth-order valence-corrected chi connectivity index (χ4v) is 2.16. The Hall–Kier alpha value is -1.90. The van der Waals surface area contributed by atoms with E-state index in [0.717, 1.165) is 34.9 Å². The number of ketones is 1. The molecule has 80 valence electrons. The van der Waals surface area contributed by atoms with Crippen molar-refractivity contribution in [1.82, 2.24) is 10.2 Å². The van der Waals surface area contributed by atoms with E-state index < -0.39 is 0 Å². The summed E-state index contributed by atoms with van der Waals surface area (Å²) in [7, 11) is 0. The number of hydrogen-bond donors (Lipinski definition) is 1. The lowest BCUT2D eigenvalue weighted by Gasteiger charge is -2.11. The van der Waals surface area contributed by atoms with Gasteiger partial charge in [0.2, 0.25) is 0 Å². The number of aromatic nitrogens is 2. The first-order valence-corrected chi connectivity index (χ1v) is 5.50. The van der Waals surface area contributed by atoms with Gasteiger partial charge in [0.15, 0.2) is 5.78 Å². The maximum absolute atomic E-state index is 11.4. The van der Waals surface area contributed by atoms with Crippen LogP contribution in [0, 0.1) is 0 Å². The lowest BCUT2D eigenvalue weighted by molar-refractivity contribution is -0.114. The van der Waals surface area contributed by atoms with Crippen molar-refractivity contribution in [2.24, 2.45) is 0 Å². The van der Waals surface area contributed by atoms with Gasteiger partial charge in [-0.05, 0) is 42.2 Å². The number of nitrogens with zero attached hydrogens (tertiary/aromatic N) is 1. The first kappa shape index (κ1) is 9.33. The quantitative estimate of drug-likeness (QED) is 0.789. The van der Waals surface area contributed by atoms with Crippen LogP contribution in [0.4, 0.5) is 0 Å². The molecule has 1 aliphatic carbocycles. The molecule has 16 heavy (non-hydrogen) atoms. The molecule has 0 aliphatic heterocycles. The number of hydrogen-bond acceptors (Lipinski definition) is 2. The normalized spacial score (nSPS) is 16.5. The summed E-state index contributed by atoms with van der Waals surface area (Å²) in [5, 5.41) is 8.01. The largest absolute Gasteiger partial charge is 0.295 e. The van der Waals surface area contributed by atoms with Crippen molar-refractivity contribution in [1.29, 1.82) is 0 Å². The molecule has 0 unspecified atom stereocenters. The fourth-order valence-electron chi connectivity index (χ4n) is 2.16. The molecule has 0 amide bonds. The van der Waals surface area contributed by atoms with Crippen LogP contribution in [0.3, 0.4) is 0 Å². The minimum atomic E-state index is 0.244. The van der Waals surface area contributed by atoms with Crippen LogP contribution in [0.1, 0.15) is 24.8 Å². The maximum atomic E-state index is 11.4. The second-order valence-electron chi connectivity index (χ2n) is 4.16. The number of nitrogens with one attached hydrogen (secondary N) is 1. The molecule has 1 N–H and O–H groups in total. The van der Waals surface area contributed by atoms with Gasteiger partial charge in [-0.15, -0.1) is 0 Å². The van der Waals surface area contributed by atoms with Crippen molar-refractivity contribution >= 4 is 22.3 Å². The molecule has 1 aliphatic rings. The monoisotopic (exact) mass is 212 g/mol. The molecular weight excluding hydrogens is 200 g/mol. The Morgan fingerprint density at radius 3 is 3.06 bits per heavy atom. The summed E-state index contributed by atoms with van der Waals surface area (Å²) in [6, 6.07) is 6.14. The van der Waals surface area contributed by atoms with Gasteiger partial charge < -0.3 is 0 Å². The summed E-state index contributed by atoms with van der Waals surface area (Å²) in [5.41, 5.74) is 3.33. The standard InChI is InChI=1S/C13H12N2O/c16-12-3-1-2-9(7-12)10-4-5-13-11(6-10)8-14-15-13/h4-8H,1-3H2,(H,14,15). The van der Waals surface area contributed by atoms with Gasteiger partial charge in [-0.2, -0.15) is 5.10 Å². The minimum absolute atomic E-state index is 0.244. The van der Waals surface area contributed by atoms with Gasteiger partial charge >= 0.3 is 0 Å². The van der Waals surface area contributed by atoms with E-state index in [4.69, 9.17) is 0 Å². The summed E-state index contributed by atoms with van der Waals surface area (Å²) in [6.45, 7) is 0. The van der Waals surface area contributed by atoms with Crippen LogP contribution in [0.2, 0.25) is 0 Å². The van der Waals surface area contributed by atoms with E-state index in [9.17, 15) is 4.79 Å². The molecule has 3 rings (SSSR count). The zero-order chi connectivity index (χ0) is 11.0.